The van der Waals surface area contributed by atoms with Crippen LogP contribution in [0.5, 0.6) is 0 Å². The van der Waals surface area contributed by atoms with Crippen molar-refractivity contribution in [2.75, 3.05) is 18.0 Å². The molecule has 1 N–H and O–H groups in total. The molecule has 0 aliphatic carbocycles. The number of carbonyl (C=O) groups excluding carboxylic acids is 1. The van der Waals surface area contributed by atoms with Crippen LogP contribution in [-0.4, -0.2) is 30.0 Å². The highest BCUT2D eigenvalue weighted by molar-refractivity contribution is 7.13. The average molecular weight is 309 g/mol. The van der Waals surface area contributed by atoms with Crippen LogP contribution in [-0.2, 0) is 0 Å². The third-order valence-electron chi connectivity index (χ3n) is 3.40. The molecule has 3 rings (SSSR count). The summed E-state index contributed by atoms with van der Waals surface area (Å²) in [6.45, 7) is 1.49. The van der Waals surface area contributed by atoms with Crippen molar-refractivity contribution in [1.29, 1.82) is 0 Å². The number of thiazole rings is 1. The summed E-state index contributed by atoms with van der Waals surface area (Å²) in [4.78, 5) is 18.4. The molecule has 1 aliphatic rings. The number of amides is 1. The molecule has 0 saturated carbocycles. The third kappa shape index (κ3) is 3.02. The Morgan fingerprint density at radius 3 is 2.95 bits per heavy atom. The summed E-state index contributed by atoms with van der Waals surface area (Å²) in [7, 11) is 0. The van der Waals surface area contributed by atoms with Crippen LogP contribution in [0.1, 0.15) is 16.8 Å². The number of hydrogen-bond donors (Lipinski definition) is 1. The molecule has 4 nitrogen and oxygen atoms in total. The number of hydrogen-bond acceptors (Lipinski definition) is 4. The zero-order valence-electron chi connectivity index (χ0n) is 11.1. The largest absolute Gasteiger partial charge is 0.347 e. The highest BCUT2D eigenvalue weighted by Crippen LogP contribution is 2.22. The number of aromatic nitrogens is 1. The van der Waals surface area contributed by atoms with Gasteiger partial charge in [-0.15, -0.1) is 11.3 Å². The first kappa shape index (κ1) is 13.9. The Morgan fingerprint density at radius 1 is 1.38 bits per heavy atom. The predicted molar refractivity (Wildman–Crippen MR) is 76.6 cm³/mol. The Balaban J connectivity index is 1.62. The maximum atomic E-state index is 13.1. The lowest BCUT2D eigenvalue weighted by Crippen LogP contribution is -2.37. The van der Waals surface area contributed by atoms with Crippen molar-refractivity contribution in [3.63, 3.8) is 0 Å². The molecule has 1 saturated heterocycles. The van der Waals surface area contributed by atoms with E-state index < -0.39 is 11.6 Å². The van der Waals surface area contributed by atoms with Gasteiger partial charge >= 0.3 is 0 Å². The van der Waals surface area contributed by atoms with Gasteiger partial charge in [0.2, 0.25) is 0 Å². The quantitative estimate of drug-likeness (QED) is 0.947. The first-order valence-electron chi connectivity index (χ1n) is 6.54. The molecular formula is C14H13F2N3OS. The number of benzene rings is 1. The van der Waals surface area contributed by atoms with Crippen LogP contribution in [0.15, 0.2) is 29.8 Å². The molecule has 1 amide bonds. The van der Waals surface area contributed by atoms with E-state index >= 15 is 0 Å². The van der Waals surface area contributed by atoms with Gasteiger partial charge in [-0.3, -0.25) is 4.79 Å². The van der Waals surface area contributed by atoms with Crippen LogP contribution < -0.4 is 10.2 Å². The van der Waals surface area contributed by atoms with Crippen LogP contribution in [0.4, 0.5) is 13.9 Å². The van der Waals surface area contributed by atoms with Gasteiger partial charge in [0.25, 0.3) is 5.91 Å². The van der Waals surface area contributed by atoms with Gasteiger partial charge in [0, 0.05) is 36.3 Å². The fourth-order valence-corrected chi connectivity index (χ4v) is 3.01. The molecule has 0 radical (unpaired) electrons. The molecule has 1 aromatic heterocycles. The first-order valence-corrected chi connectivity index (χ1v) is 7.42. The number of halogens is 2. The molecule has 21 heavy (non-hydrogen) atoms. The van der Waals surface area contributed by atoms with Gasteiger partial charge in [-0.1, -0.05) is 0 Å². The summed E-state index contributed by atoms with van der Waals surface area (Å²) in [6, 6.07) is 3.13. The summed E-state index contributed by atoms with van der Waals surface area (Å²) < 4.78 is 26.0. The van der Waals surface area contributed by atoms with Crippen molar-refractivity contribution >= 4 is 22.4 Å². The van der Waals surface area contributed by atoms with Crippen LogP contribution in [0.2, 0.25) is 0 Å². The van der Waals surface area contributed by atoms with E-state index in [9.17, 15) is 13.6 Å². The molecule has 1 fully saturated rings. The van der Waals surface area contributed by atoms with E-state index in [1.807, 2.05) is 5.38 Å². The van der Waals surface area contributed by atoms with Gasteiger partial charge in [-0.25, -0.2) is 13.8 Å². The molecule has 1 aromatic carbocycles. The predicted octanol–water partition coefficient (Wildman–Crippen LogP) is 2.43. The van der Waals surface area contributed by atoms with Crippen LogP contribution in [0.25, 0.3) is 0 Å². The lowest BCUT2D eigenvalue weighted by Gasteiger charge is -2.15. The fraction of sp³-hybridized carbons (Fsp3) is 0.286. The van der Waals surface area contributed by atoms with Gasteiger partial charge in [0.05, 0.1) is 0 Å². The van der Waals surface area contributed by atoms with Gasteiger partial charge in [0.1, 0.15) is 0 Å². The summed E-state index contributed by atoms with van der Waals surface area (Å²) in [5.74, 6) is -2.36. The molecule has 1 aliphatic heterocycles. The van der Waals surface area contributed by atoms with Crippen LogP contribution >= 0.6 is 11.3 Å². The molecular weight excluding hydrogens is 296 g/mol. The second-order valence-corrected chi connectivity index (χ2v) is 5.72. The Morgan fingerprint density at radius 2 is 2.24 bits per heavy atom. The average Bonchev–Trinajstić information content (AvgIpc) is 3.12. The Bertz CT molecular complexity index is 648. The molecule has 0 bridgehead atoms. The highest BCUT2D eigenvalue weighted by atomic mass is 32.1. The molecule has 2 aromatic rings. The van der Waals surface area contributed by atoms with Crippen LogP contribution in [0.3, 0.4) is 0 Å². The molecule has 1 unspecified atom stereocenters. The van der Waals surface area contributed by atoms with Crippen LogP contribution in [0, 0.1) is 11.6 Å². The van der Waals surface area contributed by atoms with E-state index in [1.54, 1.807) is 17.5 Å². The van der Waals surface area contributed by atoms with E-state index in [0.717, 1.165) is 30.2 Å². The summed E-state index contributed by atoms with van der Waals surface area (Å²) in [5.41, 5.74) is 0.126. The number of nitrogens with zero attached hydrogens (tertiary/aromatic N) is 2. The maximum absolute atomic E-state index is 13.1. The highest BCUT2D eigenvalue weighted by Gasteiger charge is 2.25. The van der Waals surface area contributed by atoms with Gasteiger partial charge in [-0.05, 0) is 24.6 Å². The Labute approximate surface area is 124 Å². The lowest BCUT2D eigenvalue weighted by atomic mass is 10.1. The van der Waals surface area contributed by atoms with E-state index in [-0.39, 0.29) is 17.5 Å². The first-order chi connectivity index (χ1) is 10.1. The fourth-order valence-electron chi connectivity index (χ4n) is 2.33. The van der Waals surface area contributed by atoms with Crippen molar-refractivity contribution in [2.45, 2.75) is 12.5 Å². The standard InChI is InChI=1S/C14H13F2N3OS/c15-11-2-1-9(7-12(11)16)13(20)18-10-3-5-19(8-10)14-17-4-6-21-14/h1-2,4,6-7,10H,3,5,8H2,(H,18,20). The SMILES string of the molecule is O=C(NC1CCN(c2nccs2)C1)c1ccc(F)c(F)c1. The van der Waals surface area contributed by atoms with Crippen molar-refractivity contribution in [3.8, 4) is 0 Å². The minimum atomic E-state index is -1.02. The molecule has 7 heteroatoms. The smallest absolute Gasteiger partial charge is 0.251 e. The van der Waals surface area contributed by atoms with Crippen molar-refractivity contribution in [2.24, 2.45) is 0 Å². The zero-order valence-corrected chi connectivity index (χ0v) is 11.9. The molecule has 1 atom stereocenters. The summed E-state index contributed by atoms with van der Waals surface area (Å²) in [6.07, 6.45) is 2.54. The molecule has 0 spiro atoms. The van der Waals surface area contributed by atoms with Crippen molar-refractivity contribution in [1.82, 2.24) is 10.3 Å². The minimum Gasteiger partial charge on any atom is -0.347 e. The van der Waals surface area contributed by atoms with E-state index in [0.29, 0.717) is 6.54 Å². The number of carbonyl (C=O) groups is 1. The molecule has 2 heterocycles. The van der Waals surface area contributed by atoms with Gasteiger partial charge < -0.3 is 10.2 Å². The van der Waals surface area contributed by atoms with Crippen molar-refractivity contribution < 1.29 is 13.6 Å². The number of nitrogens with one attached hydrogen (secondary N) is 1. The van der Waals surface area contributed by atoms with E-state index in [1.165, 1.54) is 6.07 Å². The van der Waals surface area contributed by atoms with Crippen molar-refractivity contribution in [3.05, 3.63) is 47.0 Å². The summed E-state index contributed by atoms with van der Waals surface area (Å²) >= 11 is 1.55. The second kappa shape index (κ2) is 5.77. The Hall–Kier alpha value is -2.02. The van der Waals surface area contributed by atoms with Gasteiger partial charge in [-0.2, -0.15) is 0 Å². The van der Waals surface area contributed by atoms with E-state index in [2.05, 4.69) is 15.2 Å². The number of anilines is 1. The minimum absolute atomic E-state index is 0.0190. The monoisotopic (exact) mass is 309 g/mol. The van der Waals surface area contributed by atoms with E-state index in [4.69, 9.17) is 0 Å². The second-order valence-electron chi connectivity index (χ2n) is 4.85. The topological polar surface area (TPSA) is 45.2 Å². The third-order valence-corrected chi connectivity index (χ3v) is 4.23. The van der Waals surface area contributed by atoms with Gasteiger partial charge in [0.15, 0.2) is 16.8 Å². The number of rotatable bonds is 3. The Kier molecular flexibility index (Phi) is 3.83. The molecule has 110 valence electrons. The lowest BCUT2D eigenvalue weighted by molar-refractivity contribution is 0.0940. The maximum Gasteiger partial charge on any atom is 0.251 e. The zero-order chi connectivity index (χ0) is 14.8. The summed E-state index contributed by atoms with van der Waals surface area (Å²) in [5, 5.41) is 5.68. The normalized spacial score (nSPS) is 18.0.